The molecule has 1 aliphatic heterocycles. The molecular formula is C30H34N8O2. The van der Waals surface area contributed by atoms with Crippen LogP contribution in [0.1, 0.15) is 36.6 Å². The van der Waals surface area contributed by atoms with E-state index in [0.29, 0.717) is 40.3 Å². The Morgan fingerprint density at radius 2 is 1.93 bits per heavy atom. The van der Waals surface area contributed by atoms with Crippen LogP contribution < -0.4 is 15.8 Å². The second kappa shape index (κ2) is 9.28. The molecule has 3 aliphatic rings. The maximum atomic E-state index is 13.2. The second-order valence-electron chi connectivity index (χ2n) is 11.7. The Morgan fingerprint density at radius 3 is 2.65 bits per heavy atom. The first-order valence-electron chi connectivity index (χ1n) is 13.9. The first-order chi connectivity index (χ1) is 19.3. The van der Waals surface area contributed by atoms with E-state index in [-0.39, 0.29) is 12.1 Å². The highest BCUT2D eigenvalue weighted by Crippen LogP contribution is 2.51. The summed E-state index contributed by atoms with van der Waals surface area (Å²) in [7, 11) is 4.35. The van der Waals surface area contributed by atoms with Gasteiger partial charge in [-0.05, 0) is 75.7 Å². The highest BCUT2D eigenvalue weighted by molar-refractivity contribution is 5.77. The molecule has 3 aromatic heterocycles. The third kappa shape index (κ3) is 4.01. The summed E-state index contributed by atoms with van der Waals surface area (Å²) in [6, 6.07) is 12.9. The smallest absolute Gasteiger partial charge is 0.278 e. The summed E-state index contributed by atoms with van der Waals surface area (Å²) < 4.78 is 3.24. The van der Waals surface area contributed by atoms with Crippen molar-refractivity contribution in [3.8, 4) is 5.82 Å². The van der Waals surface area contributed by atoms with Crippen LogP contribution in [0, 0.1) is 5.41 Å². The van der Waals surface area contributed by atoms with Gasteiger partial charge in [0.1, 0.15) is 5.39 Å². The number of allylic oxidation sites excluding steroid dienone is 1. The van der Waals surface area contributed by atoms with Gasteiger partial charge in [0, 0.05) is 42.1 Å². The van der Waals surface area contributed by atoms with Crippen LogP contribution in [0.5, 0.6) is 0 Å². The summed E-state index contributed by atoms with van der Waals surface area (Å²) in [4.78, 5) is 31.9. The number of hydrogen-bond acceptors (Lipinski definition) is 8. The molecule has 2 aliphatic carbocycles. The minimum Gasteiger partial charge on any atom is -0.387 e. The average Bonchev–Trinajstić information content (AvgIpc) is 3.40. The van der Waals surface area contributed by atoms with Gasteiger partial charge in [-0.2, -0.15) is 4.98 Å². The van der Waals surface area contributed by atoms with Crippen molar-refractivity contribution in [3.63, 3.8) is 0 Å². The van der Waals surface area contributed by atoms with Crippen molar-refractivity contribution >= 4 is 28.4 Å². The lowest BCUT2D eigenvalue weighted by Gasteiger charge is -2.61. The van der Waals surface area contributed by atoms with Crippen LogP contribution in [0.15, 0.2) is 60.0 Å². The van der Waals surface area contributed by atoms with Gasteiger partial charge in [-0.3, -0.25) is 4.79 Å². The molecule has 7 rings (SSSR count). The molecule has 10 nitrogen and oxygen atoms in total. The Bertz CT molecular complexity index is 1660. The minimum absolute atomic E-state index is 0.218. The molecule has 1 spiro atoms. The van der Waals surface area contributed by atoms with Crippen LogP contribution in [0.2, 0.25) is 0 Å². The second-order valence-corrected chi connectivity index (χ2v) is 11.7. The SMILES string of the molecule is C=CCn1c(=O)c2cnc(Nc3ccc(N4CC5(CC(N(C)C)C5)C4)cc3)nc2n1-c1ccc2c(n1)C(O)CC2. The molecule has 1 saturated heterocycles. The number of aliphatic hydroxyl groups is 1. The normalized spacial score (nSPS) is 19.6. The lowest BCUT2D eigenvalue weighted by atomic mass is 9.60. The maximum Gasteiger partial charge on any atom is 0.278 e. The van der Waals surface area contributed by atoms with Crippen LogP contribution in [0.25, 0.3) is 16.9 Å². The van der Waals surface area contributed by atoms with E-state index in [2.05, 4.69) is 52.9 Å². The van der Waals surface area contributed by atoms with Crippen LogP contribution >= 0.6 is 0 Å². The van der Waals surface area contributed by atoms with E-state index in [9.17, 15) is 9.90 Å². The standard InChI is InChI=1S/C30H34N8O2/c1-4-13-37-28(40)23-16-31-29(34-27(23)38(37)25-12-6-19-5-11-24(39)26(19)33-25)32-20-7-9-21(10-8-20)36-17-30(18-36)14-22(15-30)35(2)3/h4,6-10,12,16,22,24,39H,1,5,11,13-15,17-18H2,2-3H3,(H,31,32,34). The van der Waals surface area contributed by atoms with Gasteiger partial charge in [-0.15, -0.1) is 6.58 Å². The molecule has 2 fully saturated rings. The lowest BCUT2D eigenvalue weighted by molar-refractivity contribution is 0.00134. The molecule has 1 atom stereocenters. The average molecular weight is 539 g/mol. The number of fused-ring (bicyclic) bond motifs is 2. The van der Waals surface area contributed by atoms with Crippen molar-refractivity contribution in [3.05, 3.63) is 76.9 Å². The predicted molar refractivity (Wildman–Crippen MR) is 155 cm³/mol. The monoisotopic (exact) mass is 538 g/mol. The summed E-state index contributed by atoms with van der Waals surface area (Å²) in [5.74, 6) is 0.913. The molecular weight excluding hydrogens is 504 g/mol. The highest BCUT2D eigenvalue weighted by atomic mass is 16.3. The van der Waals surface area contributed by atoms with E-state index in [4.69, 9.17) is 9.97 Å². The van der Waals surface area contributed by atoms with E-state index >= 15 is 0 Å². The number of aryl methyl sites for hydroxylation is 1. The molecule has 1 unspecified atom stereocenters. The van der Waals surface area contributed by atoms with Crippen molar-refractivity contribution < 1.29 is 5.11 Å². The third-order valence-corrected chi connectivity index (χ3v) is 8.80. The molecule has 40 heavy (non-hydrogen) atoms. The van der Waals surface area contributed by atoms with Crippen molar-refractivity contribution in [2.24, 2.45) is 5.41 Å². The Balaban J connectivity index is 1.14. The fraction of sp³-hybridized carbons (Fsp3) is 0.400. The molecule has 1 saturated carbocycles. The van der Waals surface area contributed by atoms with Crippen LogP contribution in [-0.4, -0.2) is 67.5 Å². The number of hydrogen-bond donors (Lipinski definition) is 2. The van der Waals surface area contributed by atoms with Gasteiger partial charge in [0.05, 0.1) is 18.3 Å². The van der Waals surface area contributed by atoms with Crippen LogP contribution in [0.3, 0.4) is 0 Å². The van der Waals surface area contributed by atoms with E-state index in [0.717, 1.165) is 36.8 Å². The van der Waals surface area contributed by atoms with Gasteiger partial charge in [0.2, 0.25) is 5.95 Å². The number of aromatic nitrogens is 5. The molecule has 1 aromatic carbocycles. The lowest BCUT2D eigenvalue weighted by Crippen LogP contribution is -2.66. The number of benzene rings is 1. The predicted octanol–water partition coefficient (Wildman–Crippen LogP) is 3.42. The van der Waals surface area contributed by atoms with Crippen LogP contribution in [0.4, 0.5) is 17.3 Å². The number of anilines is 3. The van der Waals surface area contributed by atoms with Gasteiger partial charge >= 0.3 is 0 Å². The van der Waals surface area contributed by atoms with Gasteiger partial charge < -0.3 is 20.2 Å². The van der Waals surface area contributed by atoms with Gasteiger partial charge in [0.25, 0.3) is 5.56 Å². The molecule has 4 heterocycles. The van der Waals surface area contributed by atoms with Gasteiger partial charge in [-0.1, -0.05) is 12.1 Å². The maximum absolute atomic E-state index is 13.2. The Morgan fingerprint density at radius 1 is 1.15 bits per heavy atom. The fourth-order valence-corrected chi connectivity index (χ4v) is 6.54. The summed E-state index contributed by atoms with van der Waals surface area (Å²) in [6.45, 7) is 6.34. The van der Waals surface area contributed by atoms with Crippen molar-refractivity contribution in [2.45, 2.75) is 44.4 Å². The van der Waals surface area contributed by atoms with Crippen molar-refractivity contribution in [1.82, 2.24) is 29.2 Å². The van der Waals surface area contributed by atoms with E-state index < -0.39 is 6.10 Å². The van der Waals surface area contributed by atoms with Gasteiger partial charge in [-0.25, -0.2) is 19.3 Å². The fourth-order valence-electron chi connectivity index (χ4n) is 6.54. The van der Waals surface area contributed by atoms with Gasteiger partial charge in [0.15, 0.2) is 11.5 Å². The summed E-state index contributed by atoms with van der Waals surface area (Å²) >= 11 is 0. The van der Waals surface area contributed by atoms with E-state index in [1.165, 1.54) is 18.5 Å². The number of nitrogens with one attached hydrogen (secondary N) is 1. The number of pyridine rings is 1. The molecule has 10 heteroatoms. The molecule has 0 radical (unpaired) electrons. The zero-order chi connectivity index (χ0) is 27.6. The Hall–Kier alpha value is -4.02. The Kier molecular flexibility index (Phi) is 5.79. The number of aliphatic hydroxyl groups excluding tert-OH is 1. The third-order valence-electron chi connectivity index (χ3n) is 8.80. The van der Waals surface area contributed by atoms with Crippen LogP contribution in [-0.2, 0) is 13.0 Å². The summed E-state index contributed by atoms with van der Waals surface area (Å²) in [5, 5.41) is 14.1. The number of rotatable bonds is 7. The van der Waals surface area contributed by atoms with E-state index in [1.54, 1.807) is 21.6 Å². The summed E-state index contributed by atoms with van der Waals surface area (Å²) in [5.41, 5.74) is 4.51. The first-order valence-corrected chi connectivity index (χ1v) is 13.9. The molecule has 0 bridgehead atoms. The Labute approximate surface area is 232 Å². The molecule has 4 aromatic rings. The van der Waals surface area contributed by atoms with Crippen molar-refractivity contribution in [1.29, 1.82) is 0 Å². The first kappa shape index (κ1) is 25.0. The highest BCUT2D eigenvalue weighted by Gasteiger charge is 2.52. The molecule has 0 amide bonds. The number of nitrogens with zero attached hydrogens (tertiary/aromatic N) is 7. The topological polar surface area (TPSA) is 104 Å². The molecule has 206 valence electrons. The molecule has 2 N–H and O–H groups in total. The quantitative estimate of drug-likeness (QED) is 0.345. The zero-order valence-electron chi connectivity index (χ0n) is 22.9. The summed E-state index contributed by atoms with van der Waals surface area (Å²) in [6.07, 6.45) is 6.64. The van der Waals surface area contributed by atoms with Crippen molar-refractivity contribution in [2.75, 3.05) is 37.4 Å². The zero-order valence-corrected chi connectivity index (χ0v) is 22.9. The minimum atomic E-state index is -0.600. The van der Waals surface area contributed by atoms with E-state index in [1.807, 2.05) is 24.3 Å². The largest absolute Gasteiger partial charge is 0.387 e.